The highest BCUT2D eigenvalue weighted by Gasteiger charge is 2.06. The maximum Gasteiger partial charge on any atom is 0.0678 e. The lowest BCUT2D eigenvalue weighted by Gasteiger charge is -2.07. The number of benzene rings is 2. The van der Waals surface area contributed by atoms with Gasteiger partial charge >= 0.3 is 0 Å². The number of rotatable bonds is 3. The fourth-order valence-electron chi connectivity index (χ4n) is 2.22. The van der Waals surface area contributed by atoms with Gasteiger partial charge in [0, 0.05) is 17.6 Å². The van der Waals surface area contributed by atoms with E-state index in [2.05, 4.69) is 42.5 Å². The second-order valence-corrected chi connectivity index (χ2v) is 5.06. The quantitative estimate of drug-likeness (QED) is 0.643. The molecule has 0 spiro atoms. The van der Waals surface area contributed by atoms with Crippen LogP contribution in [0.5, 0.6) is 0 Å². The third-order valence-corrected chi connectivity index (χ3v) is 3.67. The molecule has 100 valence electrons. The zero-order chi connectivity index (χ0) is 13.9. The molecule has 3 aromatic rings. The summed E-state index contributed by atoms with van der Waals surface area (Å²) in [5, 5.41) is 4.47. The first kappa shape index (κ1) is 12.9. The Kier molecular flexibility index (Phi) is 3.57. The van der Waals surface area contributed by atoms with E-state index >= 15 is 0 Å². The molecule has 2 aromatic carbocycles. The average Bonchev–Trinajstić information content (AvgIpc) is 2.98. The van der Waals surface area contributed by atoms with Gasteiger partial charge < -0.3 is 0 Å². The Morgan fingerprint density at radius 1 is 1.05 bits per heavy atom. The second kappa shape index (κ2) is 5.51. The van der Waals surface area contributed by atoms with E-state index < -0.39 is 0 Å². The third kappa shape index (κ3) is 2.47. The zero-order valence-electron chi connectivity index (χ0n) is 11.3. The first-order valence-corrected chi connectivity index (χ1v) is 7.07. The molecule has 3 heteroatoms. The van der Waals surface area contributed by atoms with Gasteiger partial charge in [0.2, 0.25) is 0 Å². The van der Waals surface area contributed by atoms with Crippen LogP contribution in [0.1, 0.15) is 11.1 Å². The Labute approximate surface area is 123 Å². The maximum atomic E-state index is 5.91. The molecule has 0 radical (unpaired) electrons. The topological polar surface area (TPSA) is 17.8 Å². The van der Waals surface area contributed by atoms with Crippen molar-refractivity contribution in [1.29, 1.82) is 0 Å². The summed E-state index contributed by atoms with van der Waals surface area (Å²) in [5.41, 5.74) is 5.64. The highest BCUT2D eigenvalue weighted by Crippen LogP contribution is 2.22. The van der Waals surface area contributed by atoms with Gasteiger partial charge in [0.1, 0.15) is 0 Å². The summed E-state index contributed by atoms with van der Waals surface area (Å²) in [7, 11) is 0. The molecule has 2 nitrogen and oxygen atoms in total. The van der Waals surface area contributed by atoms with E-state index in [4.69, 9.17) is 11.6 Å². The summed E-state index contributed by atoms with van der Waals surface area (Å²) < 4.78 is 1.91. The third-order valence-electron chi connectivity index (χ3n) is 3.36. The highest BCUT2D eigenvalue weighted by atomic mass is 35.5. The van der Waals surface area contributed by atoms with Gasteiger partial charge in [-0.25, -0.2) is 4.68 Å². The fraction of sp³-hybridized carbons (Fsp3) is 0.118. The Bertz CT molecular complexity index is 717. The van der Waals surface area contributed by atoms with Crippen LogP contribution in [0.15, 0.2) is 60.9 Å². The van der Waals surface area contributed by atoms with Crippen molar-refractivity contribution in [3.05, 3.63) is 72.1 Å². The Balaban J connectivity index is 2.02. The molecule has 0 amide bonds. The molecule has 0 aliphatic heterocycles. The van der Waals surface area contributed by atoms with E-state index in [0.717, 1.165) is 16.8 Å². The van der Waals surface area contributed by atoms with Gasteiger partial charge in [-0.15, -0.1) is 11.6 Å². The molecule has 0 unspecified atom stereocenters. The number of alkyl halides is 1. The van der Waals surface area contributed by atoms with Crippen molar-refractivity contribution in [3.63, 3.8) is 0 Å². The monoisotopic (exact) mass is 282 g/mol. The van der Waals surface area contributed by atoms with Crippen molar-refractivity contribution in [2.45, 2.75) is 12.8 Å². The van der Waals surface area contributed by atoms with E-state index in [1.165, 1.54) is 11.1 Å². The first-order valence-electron chi connectivity index (χ1n) is 6.54. The predicted octanol–water partition coefficient (Wildman–Crippen LogP) is 4.59. The lowest BCUT2D eigenvalue weighted by atomic mass is 10.1. The molecule has 0 atom stereocenters. The normalized spacial score (nSPS) is 10.7. The lowest BCUT2D eigenvalue weighted by Crippen LogP contribution is -1.98. The summed E-state index contributed by atoms with van der Waals surface area (Å²) in [6.07, 6.45) is 3.94. The Morgan fingerprint density at radius 3 is 2.60 bits per heavy atom. The number of aryl methyl sites for hydroxylation is 1. The number of halogens is 1. The van der Waals surface area contributed by atoms with E-state index in [-0.39, 0.29) is 0 Å². The summed E-state index contributed by atoms with van der Waals surface area (Å²) in [4.78, 5) is 0. The number of aromatic nitrogens is 2. The molecular weight excluding hydrogens is 268 g/mol. The first-order chi connectivity index (χ1) is 9.78. The molecular formula is C17H15ClN2. The molecule has 20 heavy (non-hydrogen) atoms. The molecule has 0 aliphatic carbocycles. The fourth-order valence-corrected chi connectivity index (χ4v) is 2.39. The van der Waals surface area contributed by atoms with Crippen LogP contribution in [0, 0.1) is 6.92 Å². The van der Waals surface area contributed by atoms with Crippen LogP contribution in [0.3, 0.4) is 0 Å². The van der Waals surface area contributed by atoms with Crippen molar-refractivity contribution in [1.82, 2.24) is 9.78 Å². The molecule has 0 fully saturated rings. The second-order valence-electron chi connectivity index (χ2n) is 4.79. The summed E-state index contributed by atoms with van der Waals surface area (Å²) >= 11 is 5.91. The van der Waals surface area contributed by atoms with Crippen molar-refractivity contribution in [2.75, 3.05) is 0 Å². The number of nitrogens with zero attached hydrogens (tertiary/aromatic N) is 2. The summed E-state index contributed by atoms with van der Waals surface area (Å²) in [6, 6.07) is 16.5. The van der Waals surface area contributed by atoms with Crippen LogP contribution in [0.2, 0.25) is 0 Å². The number of hydrogen-bond donors (Lipinski definition) is 0. The van der Waals surface area contributed by atoms with Gasteiger partial charge in [-0.1, -0.05) is 42.5 Å². The lowest BCUT2D eigenvalue weighted by molar-refractivity contribution is 0.871. The Morgan fingerprint density at radius 2 is 1.85 bits per heavy atom. The largest absolute Gasteiger partial charge is 0.240 e. The molecule has 1 aromatic heterocycles. The Hall–Kier alpha value is -2.06. The van der Waals surface area contributed by atoms with Gasteiger partial charge in [0.05, 0.1) is 11.9 Å². The summed E-state index contributed by atoms with van der Waals surface area (Å²) in [6.45, 7) is 2.08. The zero-order valence-corrected chi connectivity index (χ0v) is 12.0. The van der Waals surface area contributed by atoms with Crippen LogP contribution in [-0.2, 0) is 5.88 Å². The summed E-state index contributed by atoms with van der Waals surface area (Å²) in [5.74, 6) is 0.514. The molecule has 1 heterocycles. The average molecular weight is 283 g/mol. The molecule has 3 rings (SSSR count). The van der Waals surface area contributed by atoms with E-state index in [1.54, 1.807) is 0 Å². The predicted molar refractivity (Wildman–Crippen MR) is 83.3 cm³/mol. The smallest absolute Gasteiger partial charge is 0.0678 e. The van der Waals surface area contributed by atoms with E-state index in [1.807, 2.05) is 35.1 Å². The van der Waals surface area contributed by atoms with Crippen molar-refractivity contribution >= 4 is 11.6 Å². The molecule has 0 saturated heterocycles. The maximum absolute atomic E-state index is 5.91. The van der Waals surface area contributed by atoms with Crippen LogP contribution in [-0.4, -0.2) is 9.78 Å². The van der Waals surface area contributed by atoms with E-state index in [0.29, 0.717) is 5.88 Å². The van der Waals surface area contributed by atoms with Crippen LogP contribution >= 0.6 is 11.6 Å². The minimum Gasteiger partial charge on any atom is -0.240 e. The van der Waals surface area contributed by atoms with Crippen molar-refractivity contribution in [3.8, 4) is 16.8 Å². The molecule has 0 aliphatic rings. The minimum absolute atomic E-state index is 0.514. The van der Waals surface area contributed by atoms with E-state index in [9.17, 15) is 0 Å². The van der Waals surface area contributed by atoms with Gasteiger partial charge in [-0.3, -0.25) is 0 Å². The van der Waals surface area contributed by atoms with Crippen LogP contribution in [0.4, 0.5) is 0 Å². The van der Waals surface area contributed by atoms with Crippen molar-refractivity contribution < 1.29 is 0 Å². The molecule has 0 N–H and O–H groups in total. The standard InChI is InChI=1S/C17H15ClN2/c1-13-7-8-14(10-18)9-17(13)20-12-16(11-19-20)15-5-3-2-4-6-15/h2-9,11-12H,10H2,1H3. The van der Waals surface area contributed by atoms with Crippen molar-refractivity contribution in [2.24, 2.45) is 0 Å². The highest BCUT2D eigenvalue weighted by molar-refractivity contribution is 6.17. The minimum atomic E-state index is 0.514. The van der Waals surface area contributed by atoms with Crippen LogP contribution < -0.4 is 0 Å². The van der Waals surface area contributed by atoms with Gasteiger partial charge in [-0.2, -0.15) is 5.10 Å². The SMILES string of the molecule is Cc1ccc(CCl)cc1-n1cc(-c2ccccc2)cn1. The van der Waals surface area contributed by atoms with Gasteiger partial charge in [-0.05, 0) is 29.7 Å². The molecule has 0 bridgehead atoms. The number of hydrogen-bond acceptors (Lipinski definition) is 1. The van der Waals surface area contributed by atoms with Crippen LogP contribution in [0.25, 0.3) is 16.8 Å². The molecule has 0 saturated carbocycles. The van der Waals surface area contributed by atoms with Gasteiger partial charge in [0.25, 0.3) is 0 Å². The van der Waals surface area contributed by atoms with Gasteiger partial charge in [0.15, 0.2) is 0 Å².